The standard InChI is InChI=1S/C18H30N2/c1-2-3-4-5-6-9-14-20-17(15-19)13-12-16-10-7-8-11-18(16)20/h7-8,10-11,17H,2-6,9,12-15,19H2,1H3. The smallest absolute Gasteiger partial charge is 0.0415 e. The topological polar surface area (TPSA) is 29.3 Å². The summed E-state index contributed by atoms with van der Waals surface area (Å²) >= 11 is 0. The molecular formula is C18H30N2. The van der Waals surface area contributed by atoms with Gasteiger partial charge in [-0.15, -0.1) is 0 Å². The van der Waals surface area contributed by atoms with Crippen molar-refractivity contribution in [2.75, 3.05) is 18.0 Å². The van der Waals surface area contributed by atoms with E-state index in [1.165, 1.54) is 69.2 Å². The number of hydrogen-bond donors (Lipinski definition) is 1. The van der Waals surface area contributed by atoms with Crippen LogP contribution in [0.5, 0.6) is 0 Å². The molecule has 0 fully saturated rings. The molecule has 0 aromatic heterocycles. The first-order valence-corrected chi connectivity index (χ1v) is 8.41. The van der Waals surface area contributed by atoms with E-state index in [0.717, 1.165) is 6.54 Å². The Kier molecular flexibility index (Phi) is 6.38. The second-order valence-corrected chi connectivity index (χ2v) is 6.02. The second-order valence-electron chi connectivity index (χ2n) is 6.02. The molecule has 1 aliphatic rings. The van der Waals surface area contributed by atoms with Crippen molar-refractivity contribution in [1.82, 2.24) is 0 Å². The summed E-state index contributed by atoms with van der Waals surface area (Å²) in [6.45, 7) is 4.23. The van der Waals surface area contributed by atoms with Crippen molar-refractivity contribution in [1.29, 1.82) is 0 Å². The Morgan fingerprint density at radius 2 is 1.85 bits per heavy atom. The average molecular weight is 274 g/mol. The maximum Gasteiger partial charge on any atom is 0.0415 e. The van der Waals surface area contributed by atoms with E-state index in [4.69, 9.17) is 5.73 Å². The highest BCUT2D eigenvalue weighted by molar-refractivity contribution is 5.56. The number of unbranched alkanes of at least 4 members (excludes halogenated alkanes) is 5. The molecule has 0 saturated carbocycles. The molecule has 1 aliphatic heterocycles. The molecule has 1 aromatic rings. The van der Waals surface area contributed by atoms with E-state index in [1.54, 1.807) is 0 Å². The molecule has 0 spiro atoms. The number of fused-ring (bicyclic) bond motifs is 1. The zero-order valence-corrected chi connectivity index (χ0v) is 13.0. The van der Waals surface area contributed by atoms with Gasteiger partial charge in [-0.2, -0.15) is 0 Å². The molecule has 112 valence electrons. The van der Waals surface area contributed by atoms with Gasteiger partial charge in [-0.25, -0.2) is 0 Å². The van der Waals surface area contributed by atoms with Crippen LogP contribution >= 0.6 is 0 Å². The minimum absolute atomic E-state index is 0.542. The predicted octanol–water partition coefficient (Wildman–Crippen LogP) is 4.13. The van der Waals surface area contributed by atoms with E-state index < -0.39 is 0 Å². The van der Waals surface area contributed by atoms with Crippen molar-refractivity contribution in [3.8, 4) is 0 Å². The van der Waals surface area contributed by atoms with Gasteiger partial charge in [0.1, 0.15) is 0 Å². The Balaban J connectivity index is 1.87. The first kappa shape index (κ1) is 15.4. The first-order chi connectivity index (χ1) is 9.86. The van der Waals surface area contributed by atoms with E-state index in [9.17, 15) is 0 Å². The third kappa shape index (κ3) is 3.99. The second kappa shape index (κ2) is 8.31. The zero-order chi connectivity index (χ0) is 14.2. The molecule has 2 N–H and O–H groups in total. The summed E-state index contributed by atoms with van der Waals surface area (Å²) < 4.78 is 0. The first-order valence-electron chi connectivity index (χ1n) is 8.41. The van der Waals surface area contributed by atoms with Gasteiger partial charge in [-0.3, -0.25) is 0 Å². The Bertz CT molecular complexity index is 389. The lowest BCUT2D eigenvalue weighted by molar-refractivity contribution is 0.512. The van der Waals surface area contributed by atoms with Gasteiger partial charge in [-0.1, -0.05) is 57.2 Å². The Labute approximate surface area is 124 Å². The van der Waals surface area contributed by atoms with Crippen molar-refractivity contribution >= 4 is 5.69 Å². The van der Waals surface area contributed by atoms with Crippen LogP contribution in [0.25, 0.3) is 0 Å². The van der Waals surface area contributed by atoms with E-state index in [0.29, 0.717) is 6.04 Å². The van der Waals surface area contributed by atoms with Crippen LogP contribution in [0.2, 0.25) is 0 Å². The summed E-state index contributed by atoms with van der Waals surface area (Å²) in [6.07, 6.45) is 10.6. The Morgan fingerprint density at radius 3 is 2.65 bits per heavy atom. The van der Waals surface area contributed by atoms with Crippen LogP contribution in [0.15, 0.2) is 24.3 Å². The highest BCUT2D eigenvalue weighted by atomic mass is 15.2. The average Bonchev–Trinajstić information content (AvgIpc) is 2.50. The summed E-state index contributed by atoms with van der Waals surface area (Å²) in [7, 11) is 0. The normalized spacial score (nSPS) is 18.1. The fourth-order valence-corrected chi connectivity index (χ4v) is 3.29. The molecule has 1 heterocycles. The maximum absolute atomic E-state index is 5.98. The van der Waals surface area contributed by atoms with Crippen molar-refractivity contribution in [2.45, 2.75) is 64.3 Å². The van der Waals surface area contributed by atoms with Crippen LogP contribution in [0.3, 0.4) is 0 Å². The van der Waals surface area contributed by atoms with Crippen LogP contribution < -0.4 is 10.6 Å². The Hall–Kier alpha value is -1.02. The molecule has 0 radical (unpaired) electrons. The maximum atomic E-state index is 5.98. The van der Waals surface area contributed by atoms with Crippen LogP contribution in [-0.4, -0.2) is 19.1 Å². The molecule has 20 heavy (non-hydrogen) atoms. The van der Waals surface area contributed by atoms with E-state index in [2.05, 4.69) is 36.1 Å². The summed E-state index contributed by atoms with van der Waals surface area (Å²) in [5.41, 5.74) is 8.92. The summed E-state index contributed by atoms with van der Waals surface area (Å²) in [6, 6.07) is 9.40. The fraction of sp³-hybridized carbons (Fsp3) is 0.667. The summed E-state index contributed by atoms with van der Waals surface area (Å²) in [5.74, 6) is 0. The number of hydrogen-bond acceptors (Lipinski definition) is 2. The monoisotopic (exact) mass is 274 g/mol. The van der Waals surface area contributed by atoms with Crippen LogP contribution in [0, 0.1) is 0 Å². The predicted molar refractivity (Wildman–Crippen MR) is 88.3 cm³/mol. The highest BCUT2D eigenvalue weighted by Crippen LogP contribution is 2.30. The van der Waals surface area contributed by atoms with Gasteiger partial charge in [0.2, 0.25) is 0 Å². The van der Waals surface area contributed by atoms with Crippen LogP contribution in [-0.2, 0) is 6.42 Å². The molecule has 1 atom stereocenters. The quantitative estimate of drug-likeness (QED) is 0.722. The molecule has 0 bridgehead atoms. The number of benzene rings is 1. The number of rotatable bonds is 8. The fourth-order valence-electron chi connectivity index (χ4n) is 3.29. The SMILES string of the molecule is CCCCCCCCN1c2ccccc2CCC1CN. The lowest BCUT2D eigenvalue weighted by atomic mass is 9.95. The molecule has 0 amide bonds. The van der Waals surface area contributed by atoms with Gasteiger partial charge < -0.3 is 10.6 Å². The largest absolute Gasteiger partial charge is 0.367 e. The van der Waals surface area contributed by atoms with E-state index in [1.807, 2.05) is 0 Å². The summed E-state index contributed by atoms with van der Waals surface area (Å²) in [5, 5.41) is 0. The number of para-hydroxylation sites is 1. The molecule has 2 heteroatoms. The van der Waals surface area contributed by atoms with E-state index >= 15 is 0 Å². The minimum Gasteiger partial charge on any atom is -0.367 e. The molecule has 0 aliphatic carbocycles. The van der Waals surface area contributed by atoms with Crippen molar-refractivity contribution in [2.24, 2.45) is 5.73 Å². The van der Waals surface area contributed by atoms with E-state index in [-0.39, 0.29) is 0 Å². The minimum atomic E-state index is 0.542. The number of nitrogens with two attached hydrogens (primary N) is 1. The molecular weight excluding hydrogens is 244 g/mol. The van der Waals surface area contributed by atoms with Crippen molar-refractivity contribution in [3.63, 3.8) is 0 Å². The van der Waals surface area contributed by atoms with Crippen LogP contribution in [0.4, 0.5) is 5.69 Å². The lowest BCUT2D eigenvalue weighted by Gasteiger charge is -2.38. The van der Waals surface area contributed by atoms with Gasteiger partial charge in [0.25, 0.3) is 0 Å². The Morgan fingerprint density at radius 1 is 1.10 bits per heavy atom. The van der Waals surface area contributed by atoms with Gasteiger partial charge >= 0.3 is 0 Å². The highest BCUT2D eigenvalue weighted by Gasteiger charge is 2.24. The van der Waals surface area contributed by atoms with Gasteiger partial charge in [0.15, 0.2) is 0 Å². The third-order valence-electron chi connectivity index (χ3n) is 4.51. The van der Waals surface area contributed by atoms with Gasteiger partial charge in [0, 0.05) is 24.8 Å². The third-order valence-corrected chi connectivity index (χ3v) is 4.51. The lowest BCUT2D eigenvalue weighted by Crippen LogP contribution is -2.44. The van der Waals surface area contributed by atoms with Crippen molar-refractivity contribution in [3.05, 3.63) is 29.8 Å². The van der Waals surface area contributed by atoms with Crippen molar-refractivity contribution < 1.29 is 0 Å². The molecule has 1 aromatic carbocycles. The number of nitrogens with zero attached hydrogens (tertiary/aromatic N) is 1. The molecule has 1 unspecified atom stereocenters. The van der Waals surface area contributed by atoms with Crippen LogP contribution in [0.1, 0.15) is 57.4 Å². The molecule has 0 saturated heterocycles. The molecule has 2 nitrogen and oxygen atoms in total. The number of anilines is 1. The van der Waals surface area contributed by atoms with Gasteiger partial charge in [-0.05, 0) is 30.9 Å². The zero-order valence-electron chi connectivity index (χ0n) is 13.0. The summed E-state index contributed by atoms with van der Waals surface area (Å²) in [4.78, 5) is 2.57. The van der Waals surface area contributed by atoms with Gasteiger partial charge in [0.05, 0.1) is 0 Å². The molecule has 2 rings (SSSR count). The number of aryl methyl sites for hydroxylation is 1.